The van der Waals surface area contributed by atoms with Crippen LogP contribution in [0.4, 0.5) is 0 Å². The van der Waals surface area contributed by atoms with Crippen LogP contribution in [0.25, 0.3) is 0 Å². The van der Waals surface area contributed by atoms with E-state index in [1.165, 1.54) is 18.5 Å². The van der Waals surface area contributed by atoms with Crippen molar-refractivity contribution in [2.45, 2.75) is 38.1 Å². The zero-order chi connectivity index (χ0) is 15.7. The van der Waals surface area contributed by atoms with E-state index in [1.807, 2.05) is 17.9 Å². The highest BCUT2D eigenvalue weighted by Crippen LogP contribution is 2.34. The highest BCUT2D eigenvalue weighted by molar-refractivity contribution is 7.89. The van der Waals surface area contributed by atoms with E-state index in [0.29, 0.717) is 6.54 Å². The van der Waals surface area contributed by atoms with Crippen LogP contribution in [-0.2, 0) is 23.5 Å². The van der Waals surface area contributed by atoms with Gasteiger partial charge < -0.3 is 4.90 Å². The summed E-state index contributed by atoms with van der Waals surface area (Å²) in [6.45, 7) is 2.73. The standard InChI is InChI=1S/C15H26N4O2S/c1-17-14-6-5-7-15(13(14)12-16-17)18(2)22(20,21)11-10-19-8-3-4-9-19/h12,15H,3-11H2,1-2H3/t15-/m1/s1. The lowest BCUT2D eigenvalue weighted by molar-refractivity contribution is 0.324. The number of fused-ring (bicyclic) bond motifs is 1. The van der Waals surface area contributed by atoms with E-state index in [9.17, 15) is 8.42 Å². The van der Waals surface area contributed by atoms with Gasteiger partial charge in [-0.05, 0) is 45.2 Å². The van der Waals surface area contributed by atoms with Gasteiger partial charge in [0.2, 0.25) is 10.0 Å². The van der Waals surface area contributed by atoms with E-state index >= 15 is 0 Å². The normalized spacial score (nSPS) is 23.1. The third-order valence-corrected chi connectivity index (χ3v) is 6.92. The number of rotatable bonds is 5. The molecule has 1 aromatic rings. The van der Waals surface area contributed by atoms with Gasteiger partial charge in [0.15, 0.2) is 0 Å². The van der Waals surface area contributed by atoms with Gasteiger partial charge in [0.05, 0.1) is 18.0 Å². The maximum absolute atomic E-state index is 12.7. The van der Waals surface area contributed by atoms with Crippen LogP contribution < -0.4 is 0 Å². The number of likely N-dealkylation sites (tertiary alicyclic amines) is 1. The molecule has 7 heteroatoms. The molecule has 0 saturated carbocycles. The van der Waals surface area contributed by atoms with E-state index in [-0.39, 0.29) is 11.8 Å². The van der Waals surface area contributed by atoms with Gasteiger partial charge in [0.25, 0.3) is 0 Å². The van der Waals surface area contributed by atoms with Gasteiger partial charge in [-0.1, -0.05) is 0 Å². The number of aryl methyl sites for hydroxylation is 1. The van der Waals surface area contributed by atoms with Crippen LogP contribution in [0.3, 0.4) is 0 Å². The monoisotopic (exact) mass is 326 g/mol. The summed E-state index contributed by atoms with van der Waals surface area (Å²) in [5, 5.41) is 4.31. The smallest absolute Gasteiger partial charge is 0.215 e. The molecule has 1 aliphatic carbocycles. The summed E-state index contributed by atoms with van der Waals surface area (Å²) in [7, 11) is 0.436. The Morgan fingerprint density at radius 3 is 2.77 bits per heavy atom. The molecule has 22 heavy (non-hydrogen) atoms. The number of aromatic nitrogens is 2. The lowest BCUT2D eigenvalue weighted by atomic mass is 9.93. The summed E-state index contributed by atoms with van der Waals surface area (Å²) in [6.07, 6.45) is 7.12. The highest BCUT2D eigenvalue weighted by Gasteiger charge is 2.32. The molecule has 1 saturated heterocycles. The predicted octanol–water partition coefficient (Wildman–Crippen LogP) is 1.15. The molecule has 0 spiro atoms. The zero-order valence-electron chi connectivity index (χ0n) is 13.5. The first-order valence-electron chi connectivity index (χ1n) is 8.18. The molecule has 1 fully saturated rings. The molecule has 1 aromatic heterocycles. The van der Waals surface area contributed by atoms with Gasteiger partial charge in [-0.3, -0.25) is 4.68 Å². The molecule has 0 aromatic carbocycles. The van der Waals surface area contributed by atoms with Crippen molar-refractivity contribution in [2.75, 3.05) is 32.4 Å². The minimum atomic E-state index is -3.23. The third kappa shape index (κ3) is 3.07. The highest BCUT2D eigenvalue weighted by atomic mass is 32.2. The van der Waals surface area contributed by atoms with Gasteiger partial charge in [-0.15, -0.1) is 0 Å². The van der Waals surface area contributed by atoms with Crippen LogP contribution >= 0.6 is 0 Å². The Bertz CT molecular complexity index is 619. The summed E-state index contributed by atoms with van der Waals surface area (Å²) in [4.78, 5) is 2.25. The van der Waals surface area contributed by atoms with Crippen molar-refractivity contribution >= 4 is 10.0 Å². The fraction of sp³-hybridized carbons (Fsp3) is 0.800. The van der Waals surface area contributed by atoms with Gasteiger partial charge in [0, 0.05) is 31.9 Å². The Morgan fingerprint density at radius 1 is 1.32 bits per heavy atom. The molecule has 3 rings (SSSR count). The topological polar surface area (TPSA) is 58.4 Å². The van der Waals surface area contributed by atoms with Crippen molar-refractivity contribution in [2.24, 2.45) is 7.05 Å². The van der Waals surface area contributed by atoms with E-state index in [2.05, 4.69) is 10.00 Å². The molecule has 6 nitrogen and oxygen atoms in total. The van der Waals surface area contributed by atoms with Crippen LogP contribution in [0, 0.1) is 0 Å². The molecule has 124 valence electrons. The largest absolute Gasteiger partial charge is 0.302 e. The van der Waals surface area contributed by atoms with Crippen LogP contribution in [0.5, 0.6) is 0 Å². The van der Waals surface area contributed by atoms with Crippen molar-refractivity contribution in [3.8, 4) is 0 Å². The summed E-state index contributed by atoms with van der Waals surface area (Å²) in [5.74, 6) is 0.218. The van der Waals surface area contributed by atoms with Crippen LogP contribution in [0.2, 0.25) is 0 Å². The first-order valence-corrected chi connectivity index (χ1v) is 9.79. The quantitative estimate of drug-likeness (QED) is 0.814. The van der Waals surface area contributed by atoms with Crippen molar-refractivity contribution < 1.29 is 8.42 Å². The molecule has 1 atom stereocenters. The Kier molecular flexibility index (Phi) is 4.56. The molecular weight excluding hydrogens is 300 g/mol. The average Bonchev–Trinajstić information content (AvgIpc) is 3.15. The molecule has 1 aliphatic heterocycles. The SMILES string of the molecule is CN([C@@H]1CCCc2c1cnn2C)S(=O)(=O)CCN1CCCC1. The number of hydrogen-bond donors (Lipinski definition) is 0. The average molecular weight is 326 g/mol. The van der Waals surface area contributed by atoms with Gasteiger partial charge >= 0.3 is 0 Å². The second-order valence-electron chi connectivity index (χ2n) is 6.46. The molecule has 2 heterocycles. The number of hydrogen-bond acceptors (Lipinski definition) is 4. The van der Waals surface area contributed by atoms with Crippen LogP contribution in [-0.4, -0.2) is 59.8 Å². The van der Waals surface area contributed by atoms with Crippen molar-refractivity contribution in [1.29, 1.82) is 0 Å². The Hall–Kier alpha value is -0.920. The van der Waals surface area contributed by atoms with Crippen LogP contribution in [0.1, 0.15) is 43.0 Å². The summed E-state index contributed by atoms with van der Waals surface area (Å²) >= 11 is 0. The predicted molar refractivity (Wildman–Crippen MR) is 86.1 cm³/mol. The minimum Gasteiger partial charge on any atom is -0.302 e. The maximum atomic E-state index is 12.7. The van der Waals surface area contributed by atoms with Crippen molar-refractivity contribution in [1.82, 2.24) is 19.0 Å². The minimum absolute atomic E-state index is 0.0546. The van der Waals surface area contributed by atoms with Gasteiger partial charge in [-0.25, -0.2) is 8.42 Å². The van der Waals surface area contributed by atoms with E-state index in [4.69, 9.17) is 0 Å². The number of nitrogens with zero attached hydrogens (tertiary/aromatic N) is 4. The summed E-state index contributed by atoms with van der Waals surface area (Å²) in [6, 6.07) is -0.0546. The Morgan fingerprint density at radius 2 is 2.05 bits per heavy atom. The lowest BCUT2D eigenvalue weighted by Gasteiger charge is -2.31. The molecule has 0 amide bonds. The molecule has 0 bridgehead atoms. The second kappa shape index (κ2) is 6.29. The third-order valence-electron chi connectivity index (χ3n) is 5.09. The molecule has 0 unspecified atom stereocenters. The number of sulfonamides is 1. The van der Waals surface area contributed by atoms with Gasteiger partial charge in [0.1, 0.15) is 0 Å². The summed E-state index contributed by atoms with van der Waals surface area (Å²) < 4.78 is 28.8. The maximum Gasteiger partial charge on any atom is 0.215 e. The first-order chi connectivity index (χ1) is 10.5. The van der Waals surface area contributed by atoms with Crippen LogP contribution in [0.15, 0.2) is 6.20 Å². The van der Waals surface area contributed by atoms with E-state index in [1.54, 1.807) is 11.4 Å². The zero-order valence-corrected chi connectivity index (χ0v) is 14.3. The second-order valence-corrected chi connectivity index (χ2v) is 8.61. The fourth-order valence-corrected chi connectivity index (χ4v) is 5.03. The van der Waals surface area contributed by atoms with Crippen molar-refractivity contribution in [3.05, 3.63) is 17.5 Å². The fourth-order valence-electron chi connectivity index (χ4n) is 3.65. The van der Waals surface area contributed by atoms with Crippen molar-refractivity contribution in [3.63, 3.8) is 0 Å². The van der Waals surface area contributed by atoms with Gasteiger partial charge in [-0.2, -0.15) is 9.40 Å². The molecule has 0 N–H and O–H groups in total. The Balaban J connectivity index is 1.71. The molecule has 0 radical (unpaired) electrons. The van der Waals surface area contributed by atoms with E-state index < -0.39 is 10.0 Å². The summed E-state index contributed by atoms with van der Waals surface area (Å²) in [5.41, 5.74) is 2.26. The first kappa shape index (κ1) is 16.0. The lowest BCUT2D eigenvalue weighted by Crippen LogP contribution is -2.38. The Labute approximate surface area is 133 Å². The van der Waals surface area contributed by atoms with E-state index in [0.717, 1.165) is 37.9 Å². The molecule has 2 aliphatic rings. The molecular formula is C15H26N4O2S.